The highest BCUT2D eigenvalue weighted by Gasteiger charge is 2.12. The van der Waals surface area contributed by atoms with Crippen molar-refractivity contribution in [1.82, 2.24) is 5.32 Å². The lowest BCUT2D eigenvalue weighted by Crippen LogP contribution is -2.36. The third-order valence-electron chi connectivity index (χ3n) is 1.60. The van der Waals surface area contributed by atoms with Crippen LogP contribution in [0.2, 0.25) is 0 Å². The quantitative estimate of drug-likeness (QED) is 0.545. The first-order valence-corrected chi connectivity index (χ1v) is 4.21. The summed E-state index contributed by atoms with van der Waals surface area (Å²) in [5.41, 5.74) is 5.23. The minimum Gasteiger partial charge on any atom is -0.480 e. The summed E-state index contributed by atoms with van der Waals surface area (Å²) in [5, 5.41) is 11.0. The molecular weight excluding hydrogens is 172 g/mol. The Labute approximate surface area is 77.3 Å². The molecule has 5 nitrogen and oxygen atoms in total. The molecule has 0 saturated carbocycles. The van der Waals surface area contributed by atoms with Crippen LogP contribution in [-0.4, -0.2) is 29.6 Å². The minimum absolute atomic E-state index is 0.0824. The van der Waals surface area contributed by atoms with Gasteiger partial charge in [0.15, 0.2) is 0 Å². The third-order valence-corrected chi connectivity index (χ3v) is 1.60. The van der Waals surface area contributed by atoms with Crippen molar-refractivity contribution >= 4 is 11.9 Å². The molecule has 0 aliphatic rings. The normalized spacial score (nSPS) is 12.6. The molecular formula is C8H16N2O3. The molecule has 76 valence electrons. The Morgan fingerprint density at radius 2 is 2.00 bits per heavy atom. The van der Waals surface area contributed by atoms with Crippen LogP contribution in [-0.2, 0) is 9.59 Å². The zero-order chi connectivity index (χ0) is 10.4. The van der Waals surface area contributed by atoms with Crippen LogP contribution in [0.3, 0.4) is 0 Å². The van der Waals surface area contributed by atoms with Gasteiger partial charge < -0.3 is 16.2 Å². The molecule has 4 N–H and O–H groups in total. The van der Waals surface area contributed by atoms with Gasteiger partial charge >= 0.3 is 5.97 Å². The highest BCUT2D eigenvalue weighted by Crippen LogP contribution is 1.91. The minimum atomic E-state index is -1.04. The second kappa shape index (κ2) is 5.53. The smallest absolute Gasteiger partial charge is 0.320 e. The first kappa shape index (κ1) is 11.9. The molecule has 0 aliphatic heterocycles. The molecule has 0 aromatic heterocycles. The van der Waals surface area contributed by atoms with Gasteiger partial charge in [-0.2, -0.15) is 0 Å². The van der Waals surface area contributed by atoms with E-state index in [1.54, 1.807) is 13.8 Å². The lowest BCUT2D eigenvalue weighted by atomic mass is 10.2. The van der Waals surface area contributed by atoms with Gasteiger partial charge in [-0.3, -0.25) is 9.59 Å². The number of nitrogens with two attached hydrogens (primary N) is 1. The summed E-state index contributed by atoms with van der Waals surface area (Å²) in [6, 6.07) is -0.896. The van der Waals surface area contributed by atoms with Crippen LogP contribution in [0.25, 0.3) is 0 Å². The highest BCUT2D eigenvalue weighted by molar-refractivity contribution is 5.78. The third kappa shape index (κ3) is 5.19. The van der Waals surface area contributed by atoms with Crippen LogP contribution in [0.15, 0.2) is 0 Å². The Hall–Kier alpha value is -1.10. The molecule has 1 atom stereocenters. The number of hydrogen-bond donors (Lipinski definition) is 3. The van der Waals surface area contributed by atoms with Crippen LogP contribution in [0.5, 0.6) is 0 Å². The molecule has 0 aromatic rings. The van der Waals surface area contributed by atoms with Gasteiger partial charge in [-0.1, -0.05) is 13.8 Å². The van der Waals surface area contributed by atoms with E-state index in [1.165, 1.54) is 0 Å². The zero-order valence-corrected chi connectivity index (χ0v) is 7.91. The topological polar surface area (TPSA) is 92.4 Å². The first-order chi connectivity index (χ1) is 5.95. The second-order valence-electron chi connectivity index (χ2n) is 3.18. The fourth-order valence-electron chi connectivity index (χ4n) is 0.678. The standard InChI is InChI=1S/C8H16N2O3/c1-5(2)7(11)10-4-3-6(9)8(12)13/h5-6H,3-4,9H2,1-2H3,(H,10,11)(H,12,13). The fraction of sp³-hybridized carbons (Fsp3) is 0.750. The molecule has 0 radical (unpaired) electrons. The van der Waals surface area contributed by atoms with E-state index in [-0.39, 0.29) is 18.2 Å². The van der Waals surface area contributed by atoms with Crippen molar-refractivity contribution in [2.24, 2.45) is 11.7 Å². The Morgan fingerprint density at radius 3 is 2.38 bits per heavy atom. The summed E-state index contributed by atoms with van der Waals surface area (Å²) in [6.45, 7) is 3.85. The number of hydrogen-bond acceptors (Lipinski definition) is 3. The number of rotatable bonds is 5. The Morgan fingerprint density at radius 1 is 1.46 bits per heavy atom. The summed E-state index contributed by atoms with van der Waals surface area (Å²) in [4.78, 5) is 21.3. The molecule has 0 saturated heterocycles. The summed E-state index contributed by atoms with van der Waals surface area (Å²) in [7, 11) is 0. The number of carbonyl (C=O) groups excluding carboxylic acids is 1. The van der Waals surface area contributed by atoms with E-state index in [9.17, 15) is 9.59 Å². The molecule has 13 heavy (non-hydrogen) atoms. The number of carbonyl (C=O) groups is 2. The molecule has 0 rings (SSSR count). The Kier molecular flexibility index (Phi) is 5.06. The summed E-state index contributed by atoms with van der Waals surface area (Å²) < 4.78 is 0. The predicted octanol–water partition coefficient (Wildman–Crippen LogP) is -0.439. The molecule has 1 unspecified atom stereocenters. The van der Waals surface area contributed by atoms with Crippen molar-refractivity contribution in [2.45, 2.75) is 26.3 Å². The summed E-state index contributed by atoms with van der Waals surface area (Å²) in [6.07, 6.45) is 0.258. The van der Waals surface area contributed by atoms with Crippen molar-refractivity contribution in [3.05, 3.63) is 0 Å². The van der Waals surface area contributed by atoms with Gasteiger partial charge in [-0.15, -0.1) is 0 Å². The largest absolute Gasteiger partial charge is 0.480 e. The van der Waals surface area contributed by atoms with Crippen LogP contribution in [0.1, 0.15) is 20.3 Å². The average molecular weight is 188 g/mol. The van der Waals surface area contributed by atoms with Crippen LogP contribution >= 0.6 is 0 Å². The fourth-order valence-corrected chi connectivity index (χ4v) is 0.678. The lowest BCUT2D eigenvalue weighted by Gasteiger charge is -2.09. The first-order valence-electron chi connectivity index (χ1n) is 4.21. The molecule has 0 aromatic carbocycles. The van der Waals surface area contributed by atoms with Gasteiger partial charge in [0.05, 0.1) is 0 Å². The Bertz CT molecular complexity index is 192. The van der Waals surface area contributed by atoms with Gasteiger partial charge in [-0.05, 0) is 6.42 Å². The second-order valence-corrected chi connectivity index (χ2v) is 3.18. The van der Waals surface area contributed by atoms with E-state index >= 15 is 0 Å². The molecule has 0 bridgehead atoms. The van der Waals surface area contributed by atoms with Gasteiger partial charge in [0.2, 0.25) is 5.91 Å². The SMILES string of the molecule is CC(C)C(=O)NCCC(N)C(=O)O. The van der Waals surface area contributed by atoms with E-state index in [0.29, 0.717) is 6.54 Å². The average Bonchev–Trinajstić information content (AvgIpc) is 2.03. The number of nitrogens with one attached hydrogen (secondary N) is 1. The number of aliphatic carboxylic acids is 1. The number of carboxylic acids is 1. The monoisotopic (exact) mass is 188 g/mol. The van der Waals surface area contributed by atoms with Crippen LogP contribution < -0.4 is 11.1 Å². The molecule has 0 spiro atoms. The number of amides is 1. The highest BCUT2D eigenvalue weighted by atomic mass is 16.4. The van der Waals surface area contributed by atoms with Gasteiger partial charge in [0.1, 0.15) is 6.04 Å². The van der Waals surface area contributed by atoms with Gasteiger partial charge in [0.25, 0.3) is 0 Å². The van der Waals surface area contributed by atoms with Crippen LogP contribution in [0.4, 0.5) is 0 Å². The van der Waals surface area contributed by atoms with Crippen molar-refractivity contribution in [3.63, 3.8) is 0 Å². The van der Waals surface area contributed by atoms with Crippen molar-refractivity contribution in [2.75, 3.05) is 6.54 Å². The summed E-state index contributed by atoms with van der Waals surface area (Å²) in [5.74, 6) is -1.21. The maximum Gasteiger partial charge on any atom is 0.320 e. The van der Waals surface area contributed by atoms with Gasteiger partial charge in [-0.25, -0.2) is 0 Å². The van der Waals surface area contributed by atoms with Crippen molar-refractivity contribution < 1.29 is 14.7 Å². The maximum absolute atomic E-state index is 11.0. The van der Waals surface area contributed by atoms with E-state index < -0.39 is 12.0 Å². The molecule has 0 heterocycles. The lowest BCUT2D eigenvalue weighted by molar-refractivity contribution is -0.138. The molecule has 0 aliphatic carbocycles. The van der Waals surface area contributed by atoms with Crippen molar-refractivity contribution in [3.8, 4) is 0 Å². The van der Waals surface area contributed by atoms with E-state index in [0.717, 1.165) is 0 Å². The molecule has 0 fully saturated rings. The zero-order valence-electron chi connectivity index (χ0n) is 7.91. The van der Waals surface area contributed by atoms with Crippen LogP contribution in [0, 0.1) is 5.92 Å². The summed E-state index contributed by atoms with van der Waals surface area (Å²) >= 11 is 0. The van der Waals surface area contributed by atoms with E-state index in [1.807, 2.05) is 0 Å². The number of carboxylic acid groups (broad SMARTS) is 1. The predicted molar refractivity (Wildman–Crippen MR) is 48.1 cm³/mol. The van der Waals surface area contributed by atoms with E-state index in [2.05, 4.69) is 5.32 Å². The van der Waals surface area contributed by atoms with E-state index in [4.69, 9.17) is 10.8 Å². The molecule has 5 heteroatoms. The van der Waals surface area contributed by atoms with Gasteiger partial charge in [0, 0.05) is 12.5 Å². The maximum atomic E-state index is 11.0. The Balaban J connectivity index is 3.56. The molecule has 1 amide bonds. The van der Waals surface area contributed by atoms with Crippen molar-refractivity contribution in [1.29, 1.82) is 0 Å².